The molecule has 0 saturated heterocycles. The predicted molar refractivity (Wildman–Crippen MR) is 46.5 cm³/mol. The average Bonchev–Trinajstić information content (AvgIpc) is 1.85. The number of anilines is 1. The van der Waals surface area contributed by atoms with Gasteiger partial charge in [0.05, 0.1) is 0 Å². The third-order valence-corrected chi connectivity index (χ3v) is 1.54. The van der Waals surface area contributed by atoms with Gasteiger partial charge < -0.3 is 5.73 Å². The lowest BCUT2D eigenvalue weighted by atomic mass is 10.2. The minimum absolute atomic E-state index is 0.683. The van der Waals surface area contributed by atoms with E-state index in [1.807, 2.05) is 6.07 Å². The number of hydrogen-bond acceptors (Lipinski definition) is 1. The molecule has 0 spiro atoms. The summed E-state index contributed by atoms with van der Waals surface area (Å²) in [6, 6.07) is 5.40. The van der Waals surface area contributed by atoms with Gasteiger partial charge in [-0.15, -0.1) is 6.42 Å². The van der Waals surface area contributed by atoms with Gasteiger partial charge in [0.25, 0.3) is 0 Å². The Labute approximate surface area is 68.4 Å². The molecule has 0 aliphatic rings. The molecule has 0 atom stereocenters. The molecule has 1 aromatic carbocycles. The van der Waals surface area contributed by atoms with Crippen LogP contribution in [0.1, 0.15) is 5.56 Å². The third kappa shape index (κ3) is 1.52. The van der Waals surface area contributed by atoms with Crippen molar-refractivity contribution in [1.82, 2.24) is 0 Å². The van der Waals surface area contributed by atoms with Crippen molar-refractivity contribution in [3.8, 4) is 12.3 Å². The largest absolute Gasteiger partial charge is 0.399 e. The summed E-state index contributed by atoms with van der Waals surface area (Å²) in [6.07, 6.45) is 5.16. The van der Waals surface area contributed by atoms with E-state index in [-0.39, 0.29) is 0 Å². The molecule has 1 rings (SSSR count). The van der Waals surface area contributed by atoms with Crippen LogP contribution in [-0.2, 0) is 0 Å². The van der Waals surface area contributed by atoms with Gasteiger partial charge in [-0.2, -0.15) is 0 Å². The number of benzene rings is 1. The van der Waals surface area contributed by atoms with E-state index in [4.69, 9.17) is 12.2 Å². The van der Waals surface area contributed by atoms with E-state index in [0.29, 0.717) is 5.69 Å². The Kier molecular flexibility index (Phi) is 1.98. The van der Waals surface area contributed by atoms with E-state index >= 15 is 0 Å². The van der Waals surface area contributed by atoms with Crippen molar-refractivity contribution < 1.29 is 0 Å². The molecule has 0 aromatic heterocycles. The summed E-state index contributed by atoms with van der Waals surface area (Å²) in [6.45, 7) is 0. The zero-order valence-electron chi connectivity index (χ0n) is 5.26. The second-order valence-electron chi connectivity index (χ2n) is 1.92. The molecule has 0 unspecified atom stereocenters. The number of nitrogen functional groups attached to an aromatic ring is 1. The Hall–Kier alpha value is -0.940. The van der Waals surface area contributed by atoms with Gasteiger partial charge in [0, 0.05) is 15.7 Å². The Balaban J connectivity index is 3.22. The van der Waals surface area contributed by atoms with E-state index in [1.54, 1.807) is 12.1 Å². The molecule has 50 valence electrons. The van der Waals surface area contributed by atoms with E-state index in [2.05, 4.69) is 21.9 Å². The Morgan fingerprint density at radius 3 is 2.60 bits per heavy atom. The van der Waals surface area contributed by atoms with Gasteiger partial charge in [-0.25, -0.2) is 0 Å². The summed E-state index contributed by atoms with van der Waals surface area (Å²) in [5, 5.41) is 0. The van der Waals surface area contributed by atoms with Crippen LogP contribution in [0.25, 0.3) is 0 Å². The molecule has 1 nitrogen and oxygen atoms in total. The standard InChI is InChI=1S/C8H6BrN/c1-2-6-3-7(9)5-8(10)4-6/h1,3-5H,10H2. The van der Waals surface area contributed by atoms with Crippen LogP contribution in [-0.4, -0.2) is 0 Å². The minimum atomic E-state index is 0.683. The lowest BCUT2D eigenvalue weighted by molar-refractivity contribution is 1.59. The Bertz CT molecular complexity index is 266. The summed E-state index contributed by atoms with van der Waals surface area (Å²) >= 11 is 3.28. The summed E-state index contributed by atoms with van der Waals surface area (Å²) in [5.74, 6) is 2.50. The third-order valence-electron chi connectivity index (χ3n) is 1.09. The van der Waals surface area contributed by atoms with Gasteiger partial charge >= 0.3 is 0 Å². The normalized spacial score (nSPS) is 8.80. The van der Waals surface area contributed by atoms with Crippen LogP contribution >= 0.6 is 15.9 Å². The topological polar surface area (TPSA) is 26.0 Å². The molecule has 0 heterocycles. The van der Waals surface area contributed by atoms with Crippen molar-refractivity contribution in [3.05, 3.63) is 28.2 Å². The first-order chi connectivity index (χ1) is 4.72. The molecule has 0 fully saturated rings. The van der Waals surface area contributed by atoms with E-state index < -0.39 is 0 Å². The van der Waals surface area contributed by atoms with Crippen molar-refractivity contribution in [2.24, 2.45) is 0 Å². The van der Waals surface area contributed by atoms with Gasteiger partial charge in [0.2, 0.25) is 0 Å². The molecule has 0 radical (unpaired) electrons. The lowest BCUT2D eigenvalue weighted by Crippen LogP contribution is -1.85. The first-order valence-corrected chi connectivity index (χ1v) is 3.54. The van der Waals surface area contributed by atoms with Crippen molar-refractivity contribution in [3.63, 3.8) is 0 Å². The van der Waals surface area contributed by atoms with E-state index in [1.165, 1.54) is 0 Å². The quantitative estimate of drug-likeness (QED) is 0.498. The van der Waals surface area contributed by atoms with Gasteiger partial charge in [-0.3, -0.25) is 0 Å². The van der Waals surface area contributed by atoms with E-state index in [0.717, 1.165) is 10.0 Å². The van der Waals surface area contributed by atoms with Crippen molar-refractivity contribution >= 4 is 21.6 Å². The van der Waals surface area contributed by atoms with Gasteiger partial charge in [-0.05, 0) is 18.2 Å². The minimum Gasteiger partial charge on any atom is -0.399 e. The summed E-state index contributed by atoms with van der Waals surface area (Å²) in [7, 11) is 0. The molecule has 0 bridgehead atoms. The maximum atomic E-state index is 5.51. The van der Waals surface area contributed by atoms with Crippen LogP contribution in [0.2, 0.25) is 0 Å². The first kappa shape index (κ1) is 7.17. The highest BCUT2D eigenvalue weighted by Gasteiger charge is 1.91. The second kappa shape index (κ2) is 2.76. The number of terminal acetylenes is 1. The number of rotatable bonds is 0. The molecule has 0 saturated carbocycles. The fourth-order valence-corrected chi connectivity index (χ4v) is 1.21. The molecule has 0 amide bonds. The lowest BCUT2D eigenvalue weighted by Gasteiger charge is -1.95. The number of halogens is 1. The van der Waals surface area contributed by atoms with Gasteiger partial charge in [0.1, 0.15) is 0 Å². The number of nitrogens with two attached hydrogens (primary N) is 1. The zero-order chi connectivity index (χ0) is 7.56. The van der Waals surface area contributed by atoms with Crippen LogP contribution in [0.5, 0.6) is 0 Å². The first-order valence-electron chi connectivity index (χ1n) is 2.75. The van der Waals surface area contributed by atoms with Gasteiger partial charge in [-0.1, -0.05) is 21.9 Å². The maximum Gasteiger partial charge on any atom is 0.0337 e. The van der Waals surface area contributed by atoms with Crippen LogP contribution in [0.3, 0.4) is 0 Å². The molecule has 2 heteroatoms. The molecule has 10 heavy (non-hydrogen) atoms. The van der Waals surface area contributed by atoms with Crippen LogP contribution in [0.4, 0.5) is 5.69 Å². The summed E-state index contributed by atoms with van der Waals surface area (Å²) in [5.41, 5.74) is 6.99. The highest BCUT2D eigenvalue weighted by atomic mass is 79.9. The summed E-state index contributed by atoms with van der Waals surface area (Å²) < 4.78 is 0.917. The molecule has 0 aliphatic carbocycles. The number of hydrogen-bond donors (Lipinski definition) is 1. The Morgan fingerprint density at radius 1 is 1.40 bits per heavy atom. The second-order valence-corrected chi connectivity index (χ2v) is 2.83. The molecular weight excluding hydrogens is 190 g/mol. The molecule has 0 aliphatic heterocycles. The predicted octanol–water partition coefficient (Wildman–Crippen LogP) is 2.01. The van der Waals surface area contributed by atoms with Crippen molar-refractivity contribution in [2.75, 3.05) is 5.73 Å². The fourth-order valence-electron chi connectivity index (χ4n) is 0.696. The smallest absolute Gasteiger partial charge is 0.0337 e. The highest BCUT2D eigenvalue weighted by Crippen LogP contribution is 2.16. The molecule has 1 aromatic rings. The highest BCUT2D eigenvalue weighted by molar-refractivity contribution is 9.10. The van der Waals surface area contributed by atoms with E-state index in [9.17, 15) is 0 Å². The van der Waals surface area contributed by atoms with Gasteiger partial charge in [0.15, 0.2) is 0 Å². The molecule has 2 N–H and O–H groups in total. The monoisotopic (exact) mass is 195 g/mol. The SMILES string of the molecule is C#Cc1cc(N)cc(Br)c1. The zero-order valence-corrected chi connectivity index (χ0v) is 6.85. The fraction of sp³-hybridized carbons (Fsp3) is 0. The van der Waals surface area contributed by atoms with Crippen LogP contribution < -0.4 is 5.73 Å². The average molecular weight is 196 g/mol. The summed E-state index contributed by atoms with van der Waals surface area (Å²) in [4.78, 5) is 0. The van der Waals surface area contributed by atoms with Crippen molar-refractivity contribution in [2.45, 2.75) is 0 Å². The van der Waals surface area contributed by atoms with Crippen LogP contribution in [0, 0.1) is 12.3 Å². The Morgan fingerprint density at radius 2 is 2.10 bits per heavy atom. The van der Waals surface area contributed by atoms with Crippen LogP contribution in [0.15, 0.2) is 22.7 Å². The molecular formula is C8H6BrN. The van der Waals surface area contributed by atoms with Crippen molar-refractivity contribution in [1.29, 1.82) is 0 Å². The maximum absolute atomic E-state index is 5.51.